The van der Waals surface area contributed by atoms with Gasteiger partial charge < -0.3 is 9.47 Å². The van der Waals surface area contributed by atoms with Crippen LogP contribution in [0.5, 0.6) is 11.5 Å². The standard InChI is InChI=1S/C14H16N2O3/c1-18-12-7-6-10-11(8-15-16-14(10)17)13(12)19-9-4-2-3-5-9/h6-9H,2-5H2,1H3,(H,16,17). The lowest BCUT2D eigenvalue weighted by atomic mass is 10.1. The van der Waals surface area contributed by atoms with Crippen LogP contribution in [-0.2, 0) is 0 Å². The van der Waals surface area contributed by atoms with Gasteiger partial charge in [0.05, 0.1) is 30.2 Å². The van der Waals surface area contributed by atoms with Gasteiger partial charge in [0.2, 0.25) is 0 Å². The molecule has 0 radical (unpaired) electrons. The summed E-state index contributed by atoms with van der Waals surface area (Å²) < 4.78 is 11.4. The summed E-state index contributed by atoms with van der Waals surface area (Å²) in [6.07, 6.45) is 6.31. The molecule has 1 aliphatic rings. The van der Waals surface area contributed by atoms with E-state index in [1.165, 1.54) is 12.8 Å². The molecule has 1 aromatic carbocycles. The molecule has 5 heteroatoms. The van der Waals surface area contributed by atoms with E-state index < -0.39 is 0 Å². The molecular weight excluding hydrogens is 244 g/mol. The molecule has 5 nitrogen and oxygen atoms in total. The van der Waals surface area contributed by atoms with Crippen LogP contribution < -0.4 is 15.0 Å². The minimum atomic E-state index is -0.212. The predicted molar refractivity (Wildman–Crippen MR) is 71.8 cm³/mol. The molecular formula is C14H16N2O3. The van der Waals surface area contributed by atoms with Crippen LogP contribution >= 0.6 is 0 Å². The smallest absolute Gasteiger partial charge is 0.272 e. The molecule has 3 rings (SSSR count). The van der Waals surface area contributed by atoms with Crippen molar-refractivity contribution in [3.8, 4) is 11.5 Å². The Hall–Kier alpha value is -2.04. The van der Waals surface area contributed by atoms with Crippen molar-refractivity contribution in [1.29, 1.82) is 0 Å². The number of nitrogens with one attached hydrogen (secondary N) is 1. The highest BCUT2D eigenvalue weighted by atomic mass is 16.5. The van der Waals surface area contributed by atoms with Crippen molar-refractivity contribution >= 4 is 10.8 Å². The summed E-state index contributed by atoms with van der Waals surface area (Å²) in [6.45, 7) is 0. The molecule has 0 amide bonds. The molecule has 0 unspecified atom stereocenters. The summed E-state index contributed by atoms with van der Waals surface area (Å²) in [5, 5.41) is 7.56. The first-order chi connectivity index (χ1) is 9.29. The van der Waals surface area contributed by atoms with Crippen molar-refractivity contribution in [1.82, 2.24) is 10.2 Å². The van der Waals surface area contributed by atoms with Crippen LogP contribution in [0.25, 0.3) is 10.8 Å². The maximum Gasteiger partial charge on any atom is 0.272 e. The Morgan fingerprint density at radius 2 is 2.05 bits per heavy atom. The average molecular weight is 260 g/mol. The largest absolute Gasteiger partial charge is 0.493 e. The molecule has 1 saturated carbocycles. The normalized spacial score (nSPS) is 15.8. The number of rotatable bonds is 3. The number of benzene rings is 1. The SMILES string of the molecule is COc1ccc2c(=O)[nH]ncc2c1OC1CCCC1. The molecule has 0 bridgehead atoms. The van der Waals surface area contributed by atoms with Crippen molar-refractivity contribution in [3.05, 3.63) is 28.7 Å². The zero-order valence-corrected chi connectivity index (χ0v) is 10.8. The fraction of sp³-hybridized carbons (Fsp3) is 0.429. The highest BCUT2D eigenvalue weighted by Crippen LogP contribution is 2.36. The van der Waals surface area contributed by atoms with Gasteiger partial charge in [-0.25, -0.2) is 5.10 Å². The van der Waals surface area contributed by atoms with E-state index in [1.807, 2.05) is 0 Å². The van der Waals surface area contributed by atoms with Crippen LogP contribution in [0.2, 0.25) is 0 Å². The second-order valence-corrected chi connectivity index (χ2v) is 4.78. The van der Waals surface area contributed by atoms with Gasteiger partial charge in [-0.1, -0.05) is 0 Å². The lowest BCUT2D eigenvalue weighted by molar-refractivity contribution is 0.203. The Kier molecular flexibility index (Phi) is 3.11. The molecule has 0 spiro atoms. The first-order valence-corrected chi connectivity index (χ1v) is 6.50. The van der Waals surface area contributed by atoms with E-state index in [-0.39, 0.29) is 11.7 Å². The molecule has 1 aromatic heterocycles. The Labute approximate surface area is 110 Å². The van der Waals surface area contributed by atoms with Crippen molar-refractivity contribution in [2.45, 2.75) is 31.8 Å². The van der Waals surface area contributed by atoms with Crippen LogP contribution in [-0.4, -0.2) is 23.4 Å². The zero-order valence-electron chi connectivity index (χ0n) is 10.8. The second kappa shape index (κ2) is 4.91. The van der Waals surface area contributed by atoms with Crippen molar-refractivity contribution in [2.75, 3.05) is 7.11 Å². The van der Waals surface area contributed by atoms with Gasteiger partial charge in [0, 0.05) is 0 Å². The van der Waals surface area contributed by atoms with Crippen molar-refractivity contribution < 1.29 is 9.47 Å². The van der Waals surface area contributed by atoms with Gasteiger partial charge in [-0.2, -0.15) is 5.10 Å². The van der Waals surface area contributed by atoms with E-state index >= 15 is 0 Å². The molecule has 0 atom stereocenters. The number of nitrogens with zero attached hydrogens (tertiary/aromatic N) is 1. The third-order valence-electron chi connectivity index (χ3n) is 3.57. The van der Waals surface area contributed by atoms with E-state index in [0.717, 1.165) is 12.8 Å². The highest BCUT2D eigenvalue weighted by Gasteiger charge is 2.20. The molecule has 0 aliphatic heterocycles. The quantitative estimate of drug-likeness (QED) is 0.919. The van der Waals surface area contributed by atoms with Crippen LogP contribution in [0.4, 0.5) is 0 Å². The summed E-state index contributed by atoms with van der Waals surface area (Å²) in [4.78, 5) is 11.8. The van der Waals surface area contributed by atoms with Crippen LogP contribution in [0.1, 0.15) is 25.7 Å². The second-order valence-electron chi connectivity index (χ2n) is 4.78. The summed E-state index contributed by atoms with van der Waals surface area (Å²) in [5.41, 5.74) is -0.212. The lowest BCUT2D eigenvalue weighted by Gasteiger charge is -2.17. The summed E-state index contributed by atoms with van der Waals surface area (Å²) >= 11 is 0. The van der Waals surface area contributed by atoms with Crippen LogP contribution in [0, 0.1) is 0 Å². The molecule has 100 valence electrons. The highest BCUT2D eigenvalue weighted by molar-refractivity contribution is 5.89. The first kappa shape index (κ1) is 12.0. The third-order valence-corrected chi connectivity index (χ3v) is 3.57. The Bertz CT molecular complexity index is 645. The number of aromatic nitrogens is 2. The number of fused-ring (bicyclic) bond motifs is 1. The summed E-state index contributed by atoms with van der Waals surface area (Å²) in [7, 11) is 1.60. The molecule has 1 aliphatic carbocycles. The molecule has 0 saturated heterocycles. The van der Waals surface area contributed by atoms with E-state index in [4.69, 9.17) is 9.47 Å². The molecule has 1 fully saturated rings. The molecule has 1 N–H and O–H groups in total. The predicted octanol–water partition coefficient (Wildman–Crippen LogP) is 2.25. The van der Waals surface area contributed by atoms with Crippen LogP contribution in [0.15, 0.2) is 23.1 Å². The lowest BCUT2D eigenvalue weighted by Crippen LogP contribution is -2.14. The van der Waals surface area contributed by atoms with Gasteiger partial charge in [0.15, 0.2) is 11.5 Å². The van der Waals surface area contributed by atoms with Crippen molar-refractivity contribution in [3.63, 3.8) is 0 Å². The van der Waals surface area contributed by atoms with Gasteiger partial charge in [0.1, 0.15) is 0 Å². The van der Waals surface area contributed by atoms with Gasteiger partial charge in [-0.15, -0.1) is 0 Å². The Morgan fingerprint density at radius 3 is 2.79 bits per heavy atom. The average Bonchev–Trinajstić information content (AvgIpc) is 2.93. The number of H-pyrrole nitrogens is 1. The molecule has 19 heavy (non-hydrogen) atoms. The number of ether oxygens (including phenoxy) is 2. The number of aromatic amines is 1. The molecule has 2 aromatic rings. The van der Waals surface area contributed by atoms with E-state index in [0.29, 0.717) is 22.3 Å². The fourth-order valence-electron chi connectivity index (χ4n) is 2.58. The number of methoxy groups -OCH3 is 1. The van der Waals surface area contributed by atoms with Gasteiger partial charge in [-0.3, -0.25) is 4.79 Å². The number of hydrogen-bond donors (Lipinski definition) is 1. The third kappa shape index (κ3) is 2.16. The van der Waals surface area contributed by atoms with Crippen LogP contribution in [0.3, 0.4) is 0 Å². The van der Waals surface area contributed by atoms with Gasteiger partial charge >= 0.3 is 0 Å². The zero-order chi connectivity index (χ0) is 13.2. The fourth-order valence-corrected chi connectivity index (χ4v) is 2.58. The minimum absolute atomic E-state index is 0.207. The minimum Gasteiger partial charge on any atom is -0.493 e. The maximum absolute atomic E-state index is 11.8. The number of hydrogen-bond acceptors (Lipinski definition) is 4. The van der Waals surface area contributed by atoms with E-state index in [1.54, 1.807) is 25.4 Å². The Balaban J connectivity index is 2.12. The van der Waals surface area contributed by atoms with Gasteiger partial charge in [0.25, 0.3) is 5.56 Å². The topological polar surface area (TPSA) is 64.2 Å². The van der Waals surface area contributed by atoms with Crippen molar-refractivity contribution in [2.24, 2.45) is 0 Å². The summed E-state index contributed by atoms with van der Waals surface area (Å²) in [6, 6.07) is 3.50. The first-order valence-electron chi connectivity index (χ1n) is 6.50. The monoisotopic (exact) mass is 260 g/mol. The van der Waals surface area contributed by atoms with Gasteiger partial charge in [-0.05, 0) is 37.8 Å². The van der Waals surface area contributed by atoms with E-state index in [9.17, 15) is 4.79 Å². The Morgan fingerprint density at radius 1 is 1.26 bits per heavy atom. The maximum atomic E-state index is 11.8. The van der Waals surface area contributed by atoms with E-state index in [2.05, 4.69) is 10.2 Å². The molecule has 1 heterocycles. The summed E-state index contributed by atoms with van der Waals surface area (Å²) in [5.74, 6) is 1.28.